The van der Waals surface area contributed by atoms with Crippen LogP contribution in [-0.4, -0.2) is 25.3 Å². The molecule has 0 spiro atoms. The van der Waals surface area contributed by atoms with Crippen LogP contribution < -0.4 is 14.8 Å². The molecule has 0 aliphatic carbocycles. The van der Waals surface area contributed by atoms with Gasteiger partial charge < -0.3 is 19.3 Å². The lowest BCUT2D eigenvalue weighted by atomic mass is 10.1. The Morgan fingerprint density at radius 2 is 2.09 bits per heavy atom. The summed E-state index contributed by atoms with van der Waals surface area (Å²) in [5.74, 6) is 1.70. The second kappa shape index (κ2) is 7.17. The third-order valence-corrected chi connectivity index (χ3v) is 3.75. The summed E-state index contributed by atoms with van der Waals surface area (Å²) < 4.78 is 15.7. The number of amides is 1. The third-order valence-electron chi connectivity index (χ3n) is 3.75. The van der Waals surface area contributed by atoms with Gasteiger partial charge in [0.05, 0.1) is 26.0 Å². The summed E-state index contributed by atoms with van der Waals surface area (Å²) >= 11 is 0. The highest BCUT2D eigenvalue weighted by atomic mass is 16.5. The lowest BCUT2D eigenvalue weighted by molar-refractivity contribution is 0.0937. The van der Waals surface area contributed by atoms with Crippen molar-refractivity contribution in [3.05, 3.63) is 40.8 Å². The number of nitrogens with zero attached hydrogens (tertiary/aromatic N) is 1. The van der Waals surface area contributed by atoms with Gasteiger partial charge in [-0.15, -0.1) is 0 Å². The number of aryl methyl sites for hydroxylation is 2. The molecular weight excluding hydrogens is 296 g/mol. The number of aromatic nitrogens is 1. The van der Waals surface area contributed by atoms with Gasteiger partial charge in [-0.05, 0) is 38.5 Å². The van der Waals surface area contributed by atoms with Crippen LogP contribution in [0.3, 0.4) is 0 Å². The molecule has 0 aliphatic rings. The number of hydrogen-bond donors (Lipinski definition) is 1. The first-order valence-corrected chi connectivity index (χ1v) is 7.49. The van der Waals surface area contributed by atoms with Crippen molar-refractivity contribution >= 4 is 5.91 Å². The number of carbonyl (C=O) groups excluding carboxylic acids is 1. The molecule has 1 N–H and O–H groups in total. The van der Waals surface area contributed by atoms with E-state index in [9.17, 15) is 4.79 Å². The van der Waals surface area contributed by atoms with Crippen molar-refractivity contribution < 1.29 is 18.8 Å². The molecule has 0 saturated heterocycles. The summed E-state index contributed by atoms with van der Waals surface area (Å²) in [5.41, 5.74) is 2.00. The van der Waals surface area contributed by atoms with Crippen molar-refractivity contribution in [2.75, 3.05) is 14.2 Å². The molecule has 0 saturated carbocycles. The summed E-state index contributed by atoms with van der Waals surface area (Å²) in [6.07, 6.45) is 0.636. The van der Waals surface area contributed by atoms with Gasteiger partial charge in [0.25, 0.3) is 5.91 Å². The molecule has 0 fully saturated rings. The van der Waals surface area contributed by atoms with E-state index in [1.165, 1.54) is 0 Å². The molecule has 1 aromatic heterocycles. The highest BCUT2D eigenvalue weighted by molar-refractivity contribution is 5.96. The van der Waals surface area contributed by atoms with E-state index in [0.29, 0.717) is 34.9 Å². The van der Waals surface area contributed by atoms with E-state index in [4.69, 9.17) is 14.0 Å². The Labute approximate surface area is 135 Å². The number of nitrogens with one attached hydrogen (secondary N) is 1. The highest BCUT2D eigenvalue weighted by Crippen LogP contribution is 2.29. The quantitative estimate of drug-likeness (QED) is 0.886. The zero-order valence-corrected chi connectivity index (χ0v) is 14.1. The van der Waals surface area contributed by atoms with Crippen molar-refractivity contribution in [3.63, 3.8) is 0 Å². The maximum Gasteiger partial charge on any atom is 0.257 e. The van der Waals surface area contributed by atoms with Crippen molar-refractivity contribution in [1.29, 1.82) is 0 Å². The summed E-state index contributed by atoms with van der Waals surface area (Å²) in [7, 11) is 3.20. The lowest BCUT2D eigenvalue weighted by Gasteiger charge is -2.18. The maximum atomic E-state index is 12.6. The van der Waals surface area contributed by atoms with Crippen LogP contribution in [0.1, 0.15) is 47.3 Å². The third kappa shape index (κ3) is 3.47. The molecule has 1 amide bonds. The Bertz CT molecular complexity index is 694. The minimum Gasteiger partial charge on any atom is -0.497 e. The van der Waals surface area contributed by atoms with Crippen molar-refractivity contribution in [2.45, 2.75) is 33.2 Å². The first-order chi connectivity index (χ1) is 11.0. The number of hydrogen-bond acceptors (Lipinski definition) is 5. The van der Waals surface area contributed by atoms with Gasteiger partial charge in [-0.2, -0.15) is 0 Å². The Morgan fingerprint density at radius 1 is 1.35 bits per heavy atom. The molecule has 1 atom stereocenters. The molecule has 0 aliphatic heterocycles. The fourth-order valence-electron chi connectivity index (χ4n) is 2.47. The highest BCUT2D eigenvalue weighted by Gasteiger charge is 2.22. The minimum atomic E-state index is -0.258. The van der Waals surface area contributed by atoms with Gasteiger partial charge in [0.2, 0.25) is 0 Å². The van der Waals surface area contributed by atoms with Crippen LogP contribution in [0, 0.1) is 6.92 Å². The second-order valence-electron chi connectivity index (χ2n) is 5.22. The van der Waals surface area contributed by atoms with E-state index in [2.05, 4.69) is 10.5 Å². The number of benzene rings is 1. The first kappa shape index (κ1) is 16.9. The number of methoxy groups -OCH3 is 2. The van der Waals surface area contributed by atoms with Crippen molar-refractivity contribution in [2.24, 2.45) is 0 Å². The Balaban J connectivity index is 2.26. The van der Waals surface area contributed by atoms with Crippen molar-refractivity contribution in [3.8, 4) is 11.5 Å². The Hall–Kier alpha value is -2.50. The molecular formula is C17H22N2O4. The SMILES string of the molecule is CCc1noc(C)c1C(=O)N[C@H](C)c1cc(OC)ccc1OC. The zero-order valence-electron chi connectivity index (χ0n) is 14.1. The lowest BCUT2D eigenvalue weighted by Crippen LogP contribution is -2.28. The smallest absolute Gasteiger partial charge is 0.257 e. The van der Waals surface area contributed by atoms with E-state index in [0.717, 1.165) is 5.56 Å². The number of rotatable bonds is 6. The summed E-state index contributed by atoms with van der Waals surface area (Å²) in [6.45, 7) is 5.56. The molecule has 2 aromatic rings. The molecule has 124 valence electrons. The average Bonchev–Trinajstić information content (AvgIpc) is 2.94. The molecule has 6 heteroatoms. The van der Waals surface area contributed by atoms with Crippen LogP contribution in [0.25, 0.3) is 0 Å². The summed E-state index contributed by atoms with van der Waals surface area (Å²) in [6, 6.07) is 5.23. The minimum absolute atomic E-state index is 0.210. The van der Waals surface area contributed by atoms with E-state index < -0.39 is 0 Å². The molecule has 1 aromatic carbocycles. The Morgan fingerprint density at radius 3 is 2.70 bits per heavy atom. The maximum absolute atomic E-state index is 12.6. The molecule has 2 rings (SSSR count). The van der Waals surface area contributed by atoms with Gasteiger partial charge in [0, 0.05) is 5.56 Å². The predicted octanol–water partition coefficient (Wildman–Crippen LogP) is 3.05. The zero-order chi connectivity index (χ0) is 17.0. The molecule has 1 heterocycles. The average molecular weight is 318 g/mol. The van der Waals surface area contributed by atoms with E-state index in [1.54, 1.807) is 21.1 Å². The summed E-state index contributed by atoms with van der Waals surface area (Å²) in [5, 5.41) is 6.88. The largest absolute Gasteiger partial charge is 0.497 e. The molecule has 0 unspecified atom stereocenters. The summed E-state index contributed by atoms with van der Waals surface area (Å²) in [4.78, 5) is 12.6. The topological polar surface area (TPSA) is 73.6 Å². The van der Waals surface area contributed by atoms with Gasteiger partial charge in [-0.1, -0.05) is 12.1 Å². The molecule has 0 radical (unpaired) electrons. The first-order valence-electron chi connectivity index (χ1n) is 7.49. The van der Waals surface area contributed by atoms with E-state index in [1.807, 2.05) is 32.0 Å². The van der Waals surface area contributed by atoms with Crippen LogP contribution in [0.4, 0.5) is 0 Å². The number of carbonyl (C=O) groups is 1. The Kier molecular flexibility index (Phi) is 5.26. The van der Waals surface area contributed by atoms with E-state index in [-0.39, 0.29) is 11.9 Å². The molecule has 0 bridgehead atoms. The normalized spacial score (nSPS) is 11.9. The number of ether oxygens (including phenoxy) is 2. The van der Waals surface area contributed by atoms with Gasteiger partial charge in [-0.3, -0.25) is 4.79 Å². The molecule has 23 heavy (non-hydrogen) atoms. The second-order valence-corrected chi connectivity index (χ2v) is 5.22. The van der Waals surface area contributed by atoms with Gasteiger partial charge in [0.15, 0.2) is 0 Å². The van der Waals surface area contributed by atoms with Crippen molar-refractivity contribution in [1.82, 2.24) is 10.5 Å². The predicted molar refractivity (Wildman–Crippen MR) is 86.0 cm³/mol. The van der Waals surface area contributed by atoms with Crippen LogP contribution in [-0.2, 0) is 6.42 Å². The van der Waals surface area contributed by atoms with E-state index >= 15 is 0 Å². The van der Waals surface area contributed by atoms with Crippen LogP contribution in [0.15, 0.2) is 22.7 Å². The monoisotopic (exact) mass is 318 g/mol. The standard InChI is InChI=1S/C17H22N2O4/c1-6-14-16(11(3)23-19-14)17(20)18-10(2)13-9-12(21-4)7-8-15(13)22-5/h7-10H,6H2,1-5H3,(H,18,20)/t10-/m1/s1. The van der Waals surface area contributed by atoms with Gasteiger partial charge in [-0.25, -0.2) is 0 Å². The van der Waals surface area contributed by atoms with Crippen LogP contribution in [0.5, 0.6) is 11.5 Å². The van der Waals surface area contributed by atoms with Crippen LogP contribution >= 0.6 is 0 Å². The van der Waals surface area contributed by atoms with Crippen LogP contribution in [0.2, 0.25) is 0 Å². The fraction of sp³-hybridized carbons (Fsp3) is 0.412. The van der Waals surface area contributed by atoms with Gasteiger partial charge >= 0.3 is 0 Å². The van der Waals surface area contributed by atoms with Gasteiger partial charge in [0.1, 0.15) is 22.8 Å². The molecule has 6 nitrogen and oxygen atoms in total. The fourth-order valence-corrected chi connectivity index (χ4v) is 2.47.